The Bertz CT molecular complexity index is 480. The van der Waals surface area contributed by atoms with E-state index in [2.05, 4.69) is 20.7 Å². The second kappa shape index (κ2) is 6.17. The Balaban J connectivity index is 1.91. The number of halogens is 1. The lowest BCUT2D eigenvalue weighted by molar-refractivity contribution is 0.297. The lowest BCUT2D eigenvalue weighted by Gasteiger charge is -2.25. The fourth-order valence-electron chi connectivity index (χ4n) is 2.02. The van der Waals surface area contributed by atoms with Crippen LogP contribution in [0.15, 0.2) is 29.2 Å². The van der Waals surface area contributed by atoms with Crippen LogP contribution in [0.3, 0.4) is 0 Å². The molecule has 18 heavy (non-hydrogen) atoms. The monoisotopic (exact) mass is 331 g/mol. The number of hydrogen-bond donors (Lipinski definition) is 1. The van der Waals surface area contributed by atoms with E-state index < -0.39 is 10.0 Å². The van der Waals surface area contributed by atoms with E-state index >= 15 is 0 Å². The molecule has 3 nitrogen and oxygen atoms in total. The summed E-state index contributed by atoms with van der Waals surface area (Å²) in [6, 6.07) is 6.97. The van der Waals surface area contributed by atoms with Crippen LogP contribution < -0.4 is 4.72 Å². The third kappa shape index (κ3) is 3.56. The molecule has 0 aromatic heterocycles. The van der Waals surface area contributed by atoms with E-state index in [9.17, 15) is 8.42 Å². The molecule has 0 radical (unpaired) electrons. The van der Waals surface area contributed by atoms with Crippen molar-refractivity contribution in [3.05, 3.63) is 29.8 Å². The van der Waals surface area contributed by atoms with Gasteiger partial charge in [0.05, 0.1) is 4.90 Å². The molecule has 1 fully saturated rings. The molecular weight excluding hydrogens is 314 g/mol. The molecular formula is C13H18BrNO2S. The number of nitrogens with one attached hydrogen (secondary N) is 1. The molecule has 0 unspecified atom stereocenters. The molecule has 0 heterocycles. The first kappa shape index (κ1) is 14.0. The third-order valence-corrected chi connectivity index (χ3v) is 5.58. The normalized spacial score (nSPS) is 16.5. The average molecular weight is 332 g/mol. The molecule has 2 rings (SSSR count). The van der Waals surface area contributed by atoms with Crippen molar-refractivity contribution in [3.63, 3.8) is 0 Å². The van der Waals surface area contributed by atoms with Gasteiger partial charge in [0.1, 0.15) is 0 Å². The highest BCUT2D eigenvalue weighted by atomic mass is 79.9. The summed E-state index contributed by atoms with van der Waals surface area (Å²) in [6.45, 7) is 0.549. The fourth-order valence-corrected chi connectivity index (χ4v) is 3.44. The summed E-state index contributed by atoms with van der Waals surface area (Å²) in [5, 5.41) is 0.739. The second-order valence-corrected chi connectivity index (χ2v) is 7.09. The Hall–Kier alpha value is -0.390. The van der Waals surface area contributed by atoms with Gasteiger partial charge in [-0.05, 0) is 30.0 Å². The van der Waals surface area contributed by atoms with E-state index in [1.54, 1.807) is 12.1 Å². The molecule has 5 heteroatoms. The van der Waals surface area contributed by atoms with Gasteiger partial charge in [0.25, 0.3) is 0 Å². The van der Waals surface area contributed by atoms with Gasteiger partial charge in [-0.25, -0.2) is 13.1 Å². The first-order valence-corrected chi connectivity index (χ1v) is 8.87. The quantitative estimate of drug-likeness (QED) is 0.814. The van der Waals surface area contributed by atoms with Crippen LogP contribution in [0, 0.1) is 5.92 Å². The minimum atomic E-state index is -3.33. The summed E-state index contributed by atoms with van der Waals surface area (Å²) in [6.07, 6.45) is 4.76. The highest BCUT2D eigenvalue weighted by Crippen LogP contribution is 2.28. The zero-order valence-electron chi connectivity index (χ0n) is 10.2. The fraction of sp³-hybridized carbons (Fsp3) is 0.538. The molecule has 1 aromatic rings. The zero-order valence-corrected chi connectivity index (χ0v) is 12.6. The molecule has 0 bridgehead atoms. The Labute approximate surface area is 117 Å². The van der Waals surface area contributed by atoms with Crippen molar-refractivity contribution in [1.29, 1.82) is 0 Å². The maximum atomic E-state index is 12.0. The smallest absolute Gasteiger partial charge is 0.211 e. The molecule has 1 aliphatic rings. The summed E-state index contributed by atoms with van der Waals surface area (Å²) in [5.41, 5.74) is 1.07. The lowest BCUT2D eigenvalue weighted by Crippen LogP contribution is -2.27. The Kier molecular flexibility index (Phi) is 4.81. The zero-order chi connectivity index (χ0) is 13.0. The molecule has 0 saturated heterocycles. The van der Waals surface area contributed by atoms with Crippen LogP contribution in [0.5, 0.6) is 0 Å². The maximum absolute atomic E-state index is 12.0. The Morgan fingerprint density at radius 3 is 2.39 bits per heavy atom. The van der Waals surface area contributed by atoms with Crippen molar-refractivity contribution in [2.24, 2.45) is 5.92 Å². The molecule has 0 atom stereocenters. The van der Waals surface area contributed by atoms with Gasteiger partial charge >= 0.3 is 0 Å². The molecule has 0 aliphatic heterocycles. The topological polar surface area (TPSA) is 46.2 Å². The number of hydrogen-bond acceptors (Lipinski definition) is 2. The average Bonchev–Trinajstić information content (AvgIpc) is 2.32. The summed E-state index contributed by atoms with van der Waals surface area (Å²) in [4.78, 5) is 0.348. The SMILES string of the molecule is O=S(=O)(NCCC1CCC1)c1ccc(CBr)cc1. The van der Waals surface area contributed by atoms with Crippen LogP contribution in [0.4, 0.5) is 0 Å². The predicted molar refractivity (Wildman–Crippen MR) is 76.2 cm³/mol. The van der Waals surface area contributed by atoms with Gasteiger partial charge in [-0.15, -0.1) is 0 Å². The number of sulfonamides is 1. The molecule has 1 aliphatic carbocycles. The van der Waals surface area contributed by atoms with Crippen LogP contribution >= 0.6 is 15.9 Å². The van der Waals surface area contributed by atoms with E-state index in [0.717, 1.165) is 23.2 Å². The summed E-state index contributed by atoms with van der Waals surface area (Å²) >= 11 is 3.34. The molecule has 1 saturated carbocycles. The Morgan fingerprint density at radius 1 is 1.22 bits per heavy atom. The van der Waals surface area contributed by atoms with Gasteiger partial charge < -0.3 is 0 Å². The van der Waals surface area contributed by atoms with Gasteiger partial charge in [0.2, 0.25) is 10.0 Å². The second-order valence-electron chi connectivity index (χ2n) is 4.76. The molecule has 0 amide bonds. The van der Waals surface area contributed by atoms with Gasteiger partial charge in [-0.3, -0.25) is 0 Å². The lowest BCUT2D eigenvalue weighted by atomic mass is 9.83. The highest BCUT2D eigenvalue weighted by Gasteiger charge is 2.19. The van der Waals surface area contributed by atoms with Crippen LogP contribution in [0.2, 0.25) is 0 Å². The van der Waals surface area contributed by atoms with E-state index in [1.807, 2.05) is 12.1 Å². The van der Waals surface area contributed by atoms with E-state index in [1.165, 1.54) is 19.3 Å². The van der Waals surface area contributed by atoms with Crippen molar-refractivity contribution in [2.45, 2.75) is 35.9 Å². The molecule has 0 spiro atoms. The largest absolute Gasteiger partial charge is 0.240 e. The highest BCUT2D eigenvalue weighted by molar-refractivity contribution is 9.08. The summed E-state index contributed by atoms with van der Waals surface area (Å²) in [5.74, 6) is 0.725. The van der Waals surface area contributed by atoms with Crippen molar-refractivity contribution in [2.75, 3.05) is 6.54 Å². The molecule has 100 valence electrons. The summed E-state index contributed by atoms with van der Waals surface area (Å²) in [7, 11) is -3.33. The Morgan fingerprint density at radius 2 is 1.89 bits per heavy atom. The van der Waals surface area contributed by atoms with E-state index in [4.69, 9.17) is 0 Å². The molecule has 1 aromatic carbocycles. The van der Waals surface area contributed by atoms with Crippen LogP contribution in [-0.4, -0.2) is 15.0 Å². The van der Waals surface area contributed by atoms with Crippen LogP contribution in [0.1, 0.15) is 31.2 Å². The minimum Gasteiger partial charge on any atom is -0.211 e. The van der Waals surface area contributed by atoms with Gasteiger partial charge in [-0.2, -0.15) is 0 Å². The van der Waals surface area contributed by atoms with Crippen LogP contribution in [0.25, 0.3) is 0 Å². The van der Waals surface area contributed by atoms with Crippen molar-refractivity contribution < 1.29 is 8.42 Å². The number of alkyl halides is 1. The van der Waals surface area contributed by atoms with Crippen molar-refractivity contribution in [1.82, 2.24) is 4.72 Å². The van der Waals surface area contributed by atoms with Gasteiger partial charge in [0, 0.05) is 11.9 Å². The standard InChI is InChI=1S/C13H18BrNO2S/c14-10-12-4-6-13(7-5-12)18(16,17)15-9-8-11-2-1-3-11/h4-7,11,15H,1-3,8-10H2. The van der Waals surface area contributed by atoms with Crippen LogP contribution in [-0.2, 0) is 15.4 Å². The molecule has 1 N–H and O–H groups in total. The van der Waals surface area contributed by atoms with E-state index in [-0.39, 0.29) is 0 Å². The first-order valence-electron chi connectivity index (χ1n) is 6.26. The minimum absolute atomic E-state index is 0.348. The third-order valence-electron chi connectivity index (χ3n) is 3.46. The van der Waals surface area contributed by atoms with Gasteiger partial charge in [0.15, 0.2) is 0 Å². The summed E-state index contributed by atoms with van der Waals surface area (Å²) < 4.78 is 26.7. The van der Waals surface area contributed by atoms with Crippen molar-refractivity contribution in [3.8, 4) is 0 Å². The van der Waals surface area contributed by atoms with Crippen molar-refractivity contribution >= 4 is 26.0 Å². The predicted octanol–water partition coefficient (Wildman–Crippen LogP) is 3.05. The maximum Gasteiger partial charge on any atom is 0.240 e. The van der Waals surface area contributed by atoms with Gasteiger partial charge in [-0.1, -0.05) is 47.3 Å². The van der Waals surface area contributed by atoms with E-state index in [0.29, 0.717) is 11.4 Å². The number of rotatable bonds is 6. The first-order chi connectivity index (χ1) is 8.62. The number of benzene rings is 1.